The lowest BCUT2D eigenvalue weighted by Gasteiger charge is -2.38. The smallest absolute Gasteiger partial charge is 0.329 e. The van der Waals surface area contributed by atoms with Crippen molar-refractivity contribution in [2.75, 3.05) is 70.3 Å². The standard InChI is InChI=1S/C34H40N6O4/c1-38(2)17-18-43-34-36-29-22-39(15-13-28(29)32(37-34)40-16-14-35-21-31(40)33(41)42-3)30-20-26(19-25-11-7-8-12-27(25)30)44-23-24-9-5-4-6-10-24/h4-12,19-20,31,35H,13-18,21-23H2,1-3H3. The van der Waals surface area contributed by atoms with Gasteiger partial charge in [-0.05, 0) is 37.5 Å². The van der Waals surface area contributed by atoms with Crippen LogP contribution >= 0.6 is 0 Å². The van der Waals surface area contributed by atoms with Crippen molar-refractivity contribution in [3.05, 3.63) is 83.6 Å². The summed E-state index contributed by atoms with van der Waals surface area (Å²) in [5.41, 5.74) is 4.18. The fraction of sp³-hybridized carbons (Fsp3) is 0.382. The van der Waals surface area contributed by atoms with E-state index in [1.54, 1.807) is 0 Å². The van der Waals surface area contributed by atoms with E-state index >= 15 is 0 Å². The predicted molar refractivity (Wildman–Crippen MR) is 172 cm³/mol. The largest absolute Gasteiger partial charge is 0.489 e. The number of carbonyl (C=O) groups is 1. The van der Waals surface area contributed by atoms with E-state index in [2.05, 4.69) is 68.5 Å². The van der Waals surface area contributed by atoms with E-state index in [-0.39, 0.29) is 5.97 Å². The molecule has 0 saturated carbocycles. The van der Waals surface area contributed by atoms with Crippen LogP contribution in [0.5, 0.6) is 11.8 Å². The van der Waals surface area contributed by atoms with Gasteiger partial charge in [-0.2, -0.15) is 9.97 Å². The van der Waals surface area contributed by atoms with Crippen LogP contribution in [0.15, 0.2) is 66.7 Å². The average molecular weight is 597 g/mol. The van der Waals surface area contributed by atoms with Gasteiger partial charge in [0.1, 0.15) is 30.8 Å². The maximum atomic E-state index is 12.8. The first-order chi connectivity index (χ1) is 21.5. The number of carbonyl (C=O) groups excluding carboxylic acids is 1. The van der Waals surface area contributed by atoms with Gasteiger partial charge >= 0.3 is 12.0 Å². The van der Waals surface area contributed by atoms with Gasteiger partial charge in [0, 0.05) is 55.4 Å². The number of esters is 1. The third-order valence-electron chi connectivity index (χ3n) is 8.18. The Kier molecular flexibility index (Phi) is 9.09. The molecule has 0 bridgehead atoms. The van der Waals surface area contributed by atoms with Crippen LogP contribution in [-0.2, 0) is 29.1 Å². The Morgan fingerprint density at radius 1 is 1.02 bits per heavy atom. The van der Waals surface area contributed by atoms with Gasteiger partial charge in [0.25, 0.3) is 0 Å². The van der Waals surface area contributed by atoms with Gasteiger partial charge in [-0.1, -0.05) is 54.6 Å². The van der Waals surface area contributed by atoms with Crippen LogP contribution in [0.3, 0.4) is 0 Å². The van der Waals surface area contributed by atoms with E-state index in [1.807, 2.05) is 32.3 Å². The highest BCUT2D eigenvalue weighted by Gasteiger charge is 2.34. The fourth-order valence-corrected chi connectivity index (χ4v) is 5.87. The first-order valence-corrected chi connectivity index (χ1v) is 15.2. The molecule has 10 heteroatoms. The highest BCUT2D eigenvalue weighted by molar-refractivity contribution is 5.96. The number of ether oxygens (including phenoxy) is 3. The second kappa shape index (κ2) is 13.5. The molecule has 4 aromatic rings. The minimum atomic E-state index is -0.470. The molecular formula is C34H40N6O4. The molecule has 2 aliphatic heterocycles. The van der Waals surface area contributed by atoms with Crippen molar-refractivity contribution in [1.29, 1.82) is 0 Å². The van der Waals surface area contributed by atoms with Crippen LogP contribution in [0.2, 0.25) is 0 Å². The second-order valence-corrected chi connectivity index (χ2v) is 11.5. The third kappa shape index (κ3) is 6.56. The van der Waals surface area contributed by atoms with Crippen LogP contribution in [-0.4, -0.2) is 87.4 Å². The third-order valence-corrected chi connectivity index (χ3v) is 8.18. The average Bonchev–Trinajstić information content (AvgIpc) is 3.06. The molecule has 2 aliphatic rings. The molecule has 10 nitrogen and oxygen atoms in total. The monoisotopic (exact) mass is 596 g/mol. The molecule has 0 spiro atoms. The normalized spacial score (nSPS) is 16.6. The quantitative estimate of drug-likeness (QED) is 0.274. The lowest BCUT2D eigenvalue weighted by Crippen LogP contribution is -2.56. The van der Waals surface area contributed by atoms with Crippen LogP contribution in [0.1, 0.15) is 16.8 Å². The zero-order chi connectivity index (χ0) is 30.5. The van der Waals surface area contributed by atoms with Crippen molar-refractivity contribution < 1.29 is 19.0 Å². The molecule has 1 fully saturated rings. The van der Waals surface area contributed by atoms with Gasteiger partial charge in [-0.25, -0.2) is 4.79 Å². The van der Waals surface area contributed by atoms with E-state index < -0.39 is 6.04 Å². The fourth-order valence-electron chi connectivity index (χ4n) is 5.87. The number of benzene rings is 3. The van der Waals surface area contributed by atoms with Crippen LogP contribution in [0, 0.1) is 0 Å². The first kappa shape index (κ1) is 29.7. The molecule has 1 unspecified atom stereocenters. The van der Waals surface area contributed by atoms with Crippen LogP contribution in [0.25, 0.3) is 10.8 Å². The van der Waals surface area contributed by atoms with Crippen molar-refractivity contribution >= 4 is 28.2 Å². The summed E-state index contributed by atoms with van der Waals surface area (Å²) in [5.74, 6) is 1.30. The Hall–Kier alpha value is -4.41. The van der Waals surface area contributed by atoms with Crippen LogP contribution in [0.4, 0.5) is 11.5 Å². The van der Waals surface area contributed by atoms with Gasteiger partial charge in [0.05, 0.1) is 19.3 Å². The Labute approximate surface area is 258 Å². The number of likely N-dealkylation sites (N-methyl/N-ethyl adjacent to an activating group) is 1. The Bertz CT molecular complexity index is 1600. The number of aromatic nitrogens is 2. The van der Waals surface area contributed by atoms with Crippen LogP contribution < -0.4 is 24.6 Å². The summed E-state index contributed by atoms with van der Waals surface area (Å²) in [6.45, 7) is 4.92. The van der Waals surface area contributed by atoms with Gasteiger partial charge in [0.15, 0.2) is 0 Å². The summed E-state index contributed by atoms with van der Waals surface area (Å²) >= 11 is 0. The minimum absolute atomic E-state index is 0.282. The van der Waals surface area contributed by atoms with E-state index in [0.717, 1.165) is 70.9 Å². The molecule has 1 atom stereocenters. The van der Waals surface area contributed by atoms with Crippen molar-refractivity contribution in [3.8, 4) is 11.8 Å². The summed E-state index contributed by atoms with van der Waals surface area (Å²) in [4.78, 5) is 29.1. The molecule has 3 heterocycles. The molecular weight excluding hydrogens is 556 g/mol. The van der Waals surface area contributed by atoms with Crippen molar-refractivity contribution in [2.24, 2.45) is 0 Å². The number of hydrogen-bond acceptors (Lipinski definition) is 10. The van der Waals surface area contributed by atoms with E-state index in [0.29, 0.717) is 38.9 Å². The predicted octanol–water partition coefficient (Wildman–Crippen LogP) is 3.66. The Morgan fingerprint density at radius 3 is 2.66 bits per heavy atom. The van der Waals surface area contributed by atoms with Crippen molar-refractivity contribution in [2.45, 2.75) is 25.6 Å². The number of piperazine rings is 1. The second-order valence-electron chi connectivity index (χ2n) is 11.5. The molecule has 0 aliphatic carbocycles. The van der Waals surface area contributed by atoms with Crippen molar-refractivity contribution in [1.82, 2.24) is 20.2 Å². The number of nitrogens with zero attached hydrogens (tertiary/aromatic N) is 5. The van der Waals surface area contributed by atoms with E-state index in [1.165, 1.54) is 7.11 Å². The topological polar surface area (TPSA) is 92.3 Å². The number of methoxy groups -OCH3 is 1. The minimum Gasteiger partial charge on any atom is -0.489 e. The first-order valence-electron chi connectivity index (χ1n) is 15.2. The number of rotatable bonds is 10. The zero-order valence-electron chi connectivity index (χ0n) is 25.7. The summed E-state index contributed by atoms with van der Waals surface area (Å²) in [5, 5.41) is 5.60. The highest BCUT2D eigenvalue weighted by atomic mass is 16.5. The van der Waals surface area contributed by atoms with Gasteiger partial charge < -0.3 is 34.2 Å². The zero-order valence-corrected chi connectivity index (χ0v) is 25.7. The van der Waals surface area contributed by atoms with Gasteiger partial charge in [0.2, 0.25) is 0 Å². The summed E-state index contributed by atoms with van der Waals surface area (Å²) in [7, 11) is 5.44. The summed E-state index contributed by atoms with van der Waals surface area (Å²) < 4.78 is 17.5. The number of hydrogen-bond donors (Lipinski definition) is 1. The van der Waals surface area contributed by atoms with Gasteiger partial charge in [-0.3, -0.25) is 0 Å². The molecule has 6 rings (SSSR count). The van der Waals surface area contributed by atoms with Gasteiger partial charge in [-0.15, -0.1) is 0 Å². The molecule has 1 aromatic heterocycles. The lowest BCUT2D eigenvalue weighted by molar-refractivity contribution is -0.142. The molecule has 230 valence electrons. The molecule has 44 heavy (non-hydrogen) atoms. The number of fused-ring (bicyclic) bond motifs is 2. The summed E-state index contributed by atoms with van der Waals surface area (Å²) in [6.07, 6.45) is 0.726. The summed E-state index contributed by atoms with van der Waals surface area (Å²) in [6, 6.07) is 22.7. The number of nitrogens with one attached hydrogen (secondary N) is 1. The Morgan fingerprint density at radius 2 is 1.84 bits per heavy atom. The molecule has 1 N–H and O–H groups in total. The Balaban J connectivity index is 1.34. The molecule has 0 radical (unpaired) electrons. The SMILES string of the molecule is COC(=O)C1CNCCN1c1nc(OCCN(C)C)nc2c1CCN(c1cc(OCc3ccccc3)cc3ccccc13)C2. The highest BCUT2D eigenvalue weighted by Crippen LogP contribution is 2.37. The lowest BCUT2D eigenvalue weighted by atomic mass is 10.0. The maximum absolute atomic E-state index is 12.8. The van der Waals surface area contributed by atoms with Crippen molar-refractivity contribution in [3.63, 3.8) is 0 Å². The van der Waals surface area contributed by atoms with E-state index in [4.69, 9.17) is 24.2 Å². The molecule has 1 saturated heterocycles. The maximum Gasteiger partial charge on any atom is 0.329 e. The van der Waals surface area contributed by atoms with E-state index in [9.17, 15) is 4.79 Å². The molecule has 3 aromatic carbocycles. The number of anilines is 2. The molecule has 0 amide bonds.